The Morgan fingerprint density at radius 2 is 1.48 bits per heavy atom. The summed E-state index contributed by atoms with van der Waals surface area (Å²) in [4.78, 5) is 119. The van der Waals surface area contributed by atoms with Crippen molar-refractivity contribution < 1.29 is 81.8 Å². The molecule has 1 aromatic carbocycles. The maximum Gasteiger partial charge on any atom is 0.354 e. The summed E-state index contributed by atoms with van der Waals surface area (Å²) in [5, 5.41) is 27.1. The molecule has 79 heavy (non-hydrogen) atoms. The van der Waals surface area contributed by atoms with Crippen molar-refractivity contribution in [3.8, 4) is 5.75 Å². The highest BCUT2D eigenvalue weighted by Gasteiger charge is 2.43. The van der Waals surface area contributed by atoms with E-state index >= 15 is 0 Å². The number of nitrogens with one attached hydrogen (secondary N) is 3. The Morgan fingerprint density at radius 1 is 0.810 bits per heavy atom. The zero-order chi connectivity index (χ0) is 58.3. The van der Waals surface area contributed by atoms with Gasteiger partial charge in [0, 0.05) is 61.4 Å². The average molecular weight is 1110 g/mol. The van der Waals surface area contributed by atoms with Gasteiger partial charge in [-0.1, -0.05) is 58.6 Å². The Labute approximate surface area is 462 Å². The number of likely N-dealkylation sites (N-methyl/N-ethyl adjacent to an activating group) is 1. The first-order chi connectivity index (χ1) is 37.6. The molecule has 0 bridgehead atoms. The number of rotatable bonds is 32. The zero-order valence-corrected chi connectivity index (χ0v) is 47.3. The smallest absolute Gasteiger partial charge is 0.354 e. The van der Waals surface area contributed by atoms with Crippen LogP contribution in [0.3, 0.4) is 0 Å². The minimum atomic E-state index is -1.57. The van der Waals surface area contributed by atoms with Crippen molar-refractivity contribution in [2.24, 2.45) is 11.8 Å². The van der Waals surface area contributed by atoms with Crippen molar-refractivity contribution in [1.29, 1.82) is 0 Å². The molecule has 21 nitrogen and oxygen atoms in total. The molecule has 2 aromatic rings. The van der Waals surface area contributed by atoms with Crippen LogP contribution in [0.25, 0.3) is 11.6 Å². The number of anilines is 1. The Morgan fingerprint density at radius 3 is 2.15 bits per heavy atom. The summed E-state index contributed by atoms with van der Waals surface area (Å²) in [6, 6.07) is 4.53. The van der Waals surface area contributed by atoms with Gasteiger partial charge >= 0.3 is 41.8 Å². The molecule has 1 aliphatic carbocycles. The molecule has 1 saturated carbocycles. The largest absolute Gasteiger partial charge is 0.462 e. The van der Waals surface area contributed by atoms with Gasteiger partial charge in [0.05, 0.1) is 36.2 Å². The number of ether oxygens (including phenoxy) is 6. The van der Waals surface area contributed by atoms with Crippen molar-refractivity contribution in [2.75, 3.05) is 31.5 Å². The summed E-state index contributed by atoms with van der Waals surface area (Å²) in [6.07, 6.45) is 5.77. The fourth-order valence-electron chi connectivity index (χ4n) is 9.61. The Hall–Kier alpha value is -6.71. The number of allylic oxidation sites excluding steroid dienone is 2. The van der Waals surface area contributed by atoms with E-state index in [-0.39, 0.29) is 35.5 Å². The predicted molar refractivity (Wildman–Crippen MR) is 291 cm³/mol. The number of fused-ring (bicyclic) bond motifs is 1. The normalized spacial score (nSPS) is 18.8. The molecule has 2 aliphatic rings. The van der Waals surface area contributed by atoms with Gasteiger partial charge in [-0.15, -0.1) is 0 Å². The molecular weight excluding hydrogens is 1020 g/mol. The molecule has 2 heterocycles. The van der Waals surface area contributed by atoms with Crippen LogP contribution in [0.5, 0.6) is 5.75 Å². The van der Waals surface area contributed by atoms with Gasteiger partial charge in [0.1, 0.15) is 11.9 Å². The van der Waals surface area contributed by atoms with Crippen LogP contribution in [0.2, 0.25) is 0 Å². The second kappa shape index (κ2) is 32.4. The lowest BCUT2D eigenvalue weighted by Gasteiger charge is -2.25. The Kier molecular flexibility index (Phi) is 26.6. The summed E-state index contributed by atoms with van der Waals surface area (Å²) in [6.45, 7) is 17.6. The lowest BCUT2D eigenvalue weighted by atomic mass is 9.85. The number of aromatic amines is 1. The number of aromatic nitrogens is 1. The number of benzene rings is 1. The zero-order valence-electron chi connectivity index (χ0n) is 47.3. The van der Waals surface area contributed by atoms with E-state index in [4.69, 9.17) is 28.4 Å². The first kappa shape index (κ1) is 64.8. The number of carbonyl (C=O) groups excluding carboxylic acids is 9. The van der Waals surface area contributed by atoms with Crippen LogP contribution in [0, 0.1) is 25.7 Å². The van der Waals surface area contributed by atoms with Crippen LogP contribution in [0.4, 0.5) is 5.69 Å². The molecule has 0 saturated heterocycles. The van der Waals surface area contributed by atoms with Gasteiger partial charge in [-0.05, 0) is 122 Å². The van der Waals surface area contributed by atoms with Crippen molar-refractivity contribution >= 4 is 70.9 Å². The van der Waals surface area contributed by atoms with Gasteiger partial charge < -0.3 is 59.2 Å². The van der Waals surface area contributed by atoms with Crippen molar-refractivity contribution in [3.63, 3.8) is 0 Å². The SMILES string of the molecule is CCCCCC[C@@H](O)CC[C@H]1[C@H](C/C=C\CCCC(=O)OC(=O)C(C)OC(=O)C(C)OC(=O)C(C)OC(=O)CCC(=O)Oc2ccc3c(c2)/C(=C/c2[nH]c(C)c(C(=O)NCCN(CC)CC)c2C)C(=O)N3)[C@H](OC(C)=O)C[C@@H]1O. The van der Waals surface area contributed by atoms with E-state index in [1.807, 2.05) is 12.2 Å². The van der Waals surface area contributed by atoms with E-state index < -0.39 is 97.2 Å². The third-order valence-electron chi connectivity index (χ3n) is 14.1. The molecule has 21 heteroatoms. The van der Waals surface area contributed by atoms with E-state index in [9.17, 15) is 53.4 Å². The Balaban J connectivity index is 1.16. The quantitative estimate of drug-likeness (QED) is 0.00946. The average Bonchev–Trinajstić information content (AvgIpc) is 3.99. The molecule has 4 rings (SSSR count). The Bertz CT molecular complexity index is 2510. The molecule has 8 atom stereocenters. The van der Waals surface area contributed by atoms with E-state index in [2.05, 4.69) is 41.3 Å². The minimum Gasteiger partial charge on any atom is -0.462 e. The predicted octanol–water partition coefficient (Wildman–Crippen LogP) is 6.90. The lowest BCUT2D eigenvalue weighted by molar-refractivity contribution is -0.183. The highest BCUT2D eigenvalue weighted by Crippen LogP contribution is 2.41. The van der Waals surface area contributed by atoms with Crippen LogP contribution in [0.1, 0.15) is 171 Å². The third kappa shape index (κ3) is 20.5. The van der Waals surface area contributed by atoms with Crippen LogP contribution in [-0.2, 0) is 62.0 Å². The monoisotopic (exact) mass is 1110 g/mol. The molecule has 0 spiro atoms. The van der Waals surface area contributed by atoms with Crippen molar-refractivity contribution in [3.05, 3.63) is 58.4 Å². The molecule has 1 aromatic heterocycles. The summed E-state index contributed by atoms with van der Waals surface area (Å²) in [7, 11) is 0. The number of aliphatic hydroxyl groups is 2. The van der Waals surface area contributed by atoms with Gasteiger partial charge in [0.25, 0.3) is 11.8 Å². The first-order valence-electron chi connectivity index (χ1n) is 27.7. The fraction of sp³-hybridized carbons (Fsp3) is 0.603. The van der Waals surface area contributed by atoms with E-state index in [1.165, 1.54) is 32.9 Å². The first-order valence-corrected chi connectivity index (χ1v) is 27.7. The molecule has 2 amide bonds. The lowest BCUT2D eigenvalue weighted by Crippen LogP contribution is -2.36. The molecule has 436 valence electrons. The highest BCUT2D eigenvalue weighted by molar-refractivity contribution is 6.35. The molecule has 1 aliphatic heterocycles. The van der Waals surface area contributed by atoms with Crippen LogP contribution in [0.15, 0.2) is 30.4 Å². The number of unbranched alkanes of at least 4 members (excludes halogenated alkanes) is 4. The third-order valence-corrected chi connectivity index (χ3v) is 14.1. The fourth-order valence-corrected chi connectivity index (χ4v) is 9.61. The number of aryl methyl sites for hydroxylation is 1. The van der Waals surface area contributed by atoms with E-state index in [0.29, 0.717) is 91.8 Å². The van der Waals surface area contributed by atoms with Crippen LogP contribution in [-0.4, -0.2) is 136 Å². The summed E-state index contributed by atoms with van der Waals surface area (Å²) in [5.74, 6) is -7.35. The number of esters is 7. The second-order valence-electron chi connectivity index (χ2n) is 20.2. The number of H-pyrrole nitrogens is 1. The second-order valence-corrected chi connectivity index (χ2v) is 20.2. The van der Waals surface area contributed by atoms with Gasteiger partial charge in [0.2, 0.25) is 0 Å². The van der Waals surface area contributed by atoms with Crippen LogP contribution >= 0.6 is 0 Å². The number of nitrogens with zero attached hydrogens (tertiary/aromatic N) is 1. The maximum atomic E-state index is 13.1. The van der Waals surface area contributed by atoms with Gasteiger partial charge in [-0.2, -0.15) is 0 Å². The molecule has 1 fully saturated rings. The van der Waals surface area contributed by atoms with Gasteiger partial charge in [-0.3, -0.25) is 28.8 Å². The molecule has 5 N–H and O–H groups in total. The summed E-state index contributed by atoms with van der Waals surface area (Å²) in [5.41, 5.74) is 3.49. The minimum absolute atomic E-state index is 0.0849. The molecule has 0 radical (unpaired) electrons. The number of amides is 2. The van der Waals surface area contributed by atoms with Gasteiger partial charge in [-0.25, -0.2) is 14.4 Å². The van der Waals surface area contributed by atoms with Crippen molar-refractivity contribution in [1.82, 2.24) is 15.2 Å². The number of aliphatic hydroxyl groups excluding tert-OH is 2. The molecule has 3 unspecified atom stereocenters. The van der Waals surface area contributed by atoms with E-state index in [0.717, 1.165) is 45.7 Å². The number of carbonyl (C=O) groups is 9. The highest BCUT2D eigenvalue weighted by atomic mass is 16.6. The van der Waals surface area contributed by atoms with Crippen LogP contribution < -0.4 is 15.4 Å². The topological polar surface area (TPSA) is 293 Å². The van der Waals surface area contributed by atoms with Crippen molar-refractivity contribution in [2.45, 2.75) is 189 Å². The number of hydrogen-bond acceptors (Lipinski definition) is 18. The summed E-state index contributed by atoms with van der Waals surface area (Å²) >= 11 is 0. The number of hydrogen-bond donors (Lipinski definition) is 5. The van der Waals surface area contributed by atoms with Gasteiger partial charge in [0.15, 0.2) is 18.3 Å². The summed E-state index contributed by atoms with van der Waals surface area (Å²) < 4.78 is 31.1. The molecular formula is C58H82N4O17. The maximum absolute atomic E-state index is 13.1. The van der Waals surface area contributed by atoms with E-state index in [1.54, 1.807) is 26.0 Å². The standard InChI is InChI=1S/C58H82N4O17/c1-10-13-14-17-20-40(64)23-25-42-43(49(33-48(42)65)77-39(9)63)21-18-15-16-19-22-50(66)79-58(73)38(8)76-57(72)37(7)75-56(71)36(6)74-51(67)27-28-52(68)78-41-24-26-46-44(31-41)45(54(69)61-46)32-47-34(4)53(35(5)60-47)55(70)59-29-30-62(11-2)12-3/h15,18,24,26,31-32,36-38,40,42-43,48-49,60,64-65H,10-14,16-17,19-23,25,27-30,33H2,1-9H3,(H,59,70)(H,61,69)/b18-15-,45-32-/t36?,37?,38?,40-,42+,43+,48+,49-/m1/s1.